The Morgan fingerprint density at radius 3 is 2.78 bits per heavy atom. The normalized spacial score (nSPS) is 19.4. The molecule has 1 amide bonds. The highest BCUT2D eigenvalue weighted by molar-refractivity contribution is 5.80. The Kier molecular flexibility index (Phi) is 4.59. The van der Waals surface area contributed by atoms with E-state index in [9.17, 15) is 4.79 Å². The van der Waals surface area contributed by atoms with E-state index in [1.807, 2.05) is 24.3 Å². The summed E-state index contributed by atoms with van der Waals surface area (Å²) in [5, 5.41) is 2.92. The smallest absolute Gasteiger partial charge is 0.249 e. The van der Waals surface area contributed by atoms with E-state index in [-0.39, 0.29) is 12.0 Å². The summed E-state index contributed by atoms with van der Waals surface area (Å²) in [5.41, 5.74) is 7.55. The topological polar surface area (TPSA) is 64.3 Å². The molecule has 1 saturated heterocycles. The van der Waals surface area contributed by atoms with Crippen molar-refractivity contribution in [3.05, 3.63) is 29.8 Å². The van der Waals surface area contributed by atoms with Crippen LogP contribution >= 0.6 is 0 Å². The molecule has 1 aliphatic heterocycles. The molecule has 4 heteroatoms. The van der Waals surface area contributed by atoms with Crippen molar-refractivity contribution < 1.29 is 9.53 Å². The molecule has 1 atom stereocenters. The van der Waals surface area contributed by atoms with E-state index in [1.54, 1.807) is 0 Å². The van der Waals surface area contributed by atoms with Crippen LogP contribution in [0, 0.1) is 0 Å². The number of nitrogens with one attached hydrogen (secondary N) is 1. The van der Waals surface area contributed by atoms with Crippen LogP contribution in [0.3, 0.4) is 0 Å². The second kappa shape index (κ2) is 6.40. The van der Waals surface area contributed by atoms with Crippen molar-refractivity contribution in [1.82, 2.24) is 5.32 Å². The molecule has 1 aromatic rings. The van der Waals surface area contributed by atoms with Gasteiger partial charge in [-0.3, -0.25) is 4.79 Å². The van der Waals surface area contributed by atoms with E-state index in [0.717, 1.165) is 31.4 Å². The van der Waals surface area contributed by atoms with Gasteiger partial charge < -0.3 is 15.8 Å². The van der Waals surface area contributed by atoms with Gasteiger partial charge in [-0.1, -0.05) is 12.1 Å². The maximum Gasteiger partial charge on any atom is 0.249 e. The summed E-state index contributed by atoms with van der Waals surface area (Å²) in [5.74, 6) is 0.0187. The highest BCUT2D eigenvalue weighted by Crippen LogP contribution is 2.12. The number of hydrogen-bond donors (Lipinski definition) is 2. The summed E-state index contributed by atoms with van der Waals surface area (Å²) in [6.45, 7) is 1.35. The molecule has 2 rings (SSSR count). The predicted octanol–water partition coefficient (Wildman–Crippen LogP) is 1.50. The Labute approximate surface area is 108 Å². The molecule has 1 unspecified atom stereocenters. The van der Waals surface area contributed by atoms with E-state index >= 15 is 0 Å². The lowest BCUT2D eigenvalue weighted by atomic mass is 10.1. The summed E-state index contributed by atoms with van der Waals surface area (Å²) in [4.78, 5) is 11.8. The van der Waals surface area contributed by atoms with Crippen LogP contribution in [0.4, 0.5) is 5.69 Å². The lowest BCUT2D eigenvalue weighted by Crippen LogP contribution is -2.39. The number of nitrogens with two attached hydrogens (primary N) is 1. The fourth-order valence-corrected chi connectivity index (χ4v) is 2.08. The van der Waals surface area contributed by atoms with Gasteiger partial charge >= 0.3 is 0 Å². The molecule has 98 valence electrons. The average Bonchev–Trinajstić information content (AvgIpc) is 2.42. The second-order valence-electron chi connectivity index (χ2n) is 4.64. The summed E-state index contributed by atoms with van der Waals surface area (Å²) in [6, 6.07) is 7.72. The van der Waals surface area contributed by atoms with E-state index < -0.39 is 0 Å². The number of ether oxygens (including phenoxy) is 1. The number of amides is 1. The molecule has 4 nitrogen and oxygen atoms in total. The first-order chi connectivity index (χ1) is 8.75. The third kappa shape index (κ3) is 3.74. The summed E-state index contributed by atoms with van der Waals surface area (Å²) < 4.78 is 5.43. The van der Waals surface area contributed by atoms with Crippen molar-refractivity contribution >= 4 is 11.6 Å². The molecule has 1 aromatic carbocycles. The van der Waals surface area contributed by atoms with Crippen molar-refractivity contribution in [1.29, 1.82) is 0 Å². The number of carbonyl (C=O) groups excluding carboxylic acids is 1. The van der Waals surface area contributed by atoms with Crippen molar-refractivity contribution in [3.8, 4) is 0 Å². The number of hydrogen-bond acceptors (Lipinski definition) is 3. The molecular weight excluding hydrogens is 228 g/mol. The fourth-order valence-electron chi connectivity index (χ4n) is 2.08. The Hall–Kier alpha value is -1.55. The Balaban J connectivity index is 1.71. The number of rotatable bonds is 4. The van der Waals surface area contributed by atoms with E-state index in [2.05, 4.69) is 5.32 Å². The van der Waals surface area contributed by atoms with Crippen LogP contribution in [0.2, 0.25) is 0 Å². The number of carbonyl (C=O) groups is 1. The summed E-state index contributed by atoms with van der Waals surface area (Å²) in [6.07, 6.45) is 3.56. The van der Waals surface area contributed by atoms with Crippen LogP contribution in [0.25, 0.3) is 0 Å². The van der Waals surface area contributed by atoms with E-state index in [0.29, 0.717) is 13.2 Å². The Bertz CT molecular complexity index is 383. The Morgan fingerprint density at radius 2 is 2.11 bits per heavy atom. The van der Waals surface area contributed by atoms with Crippen molar-refractivity contribution in [2.75, 3.05) is 18.9 Å². The largest absolute Gasteiger partial charge is 0.399 e. The molecule has 0 aliphatic carbocycles. The SMILES string of the molecule is Nc1ccc(CCNC(=O)C2CCCCO2)cc1. The zero-order valence-electron chi connectivity index (χ0n) is 10.5. The second-order valence-corrected chi connectivity index (χ2v) is 4.64. The average molecular weight is 248 g/mol. The summed E-state index contributed by atoms with van der Waals surface area (Å²) >= 11 is 0. The van der Waals surface area contributed by atoms with Gasteiger partial charge in [0.2, 0.25) is 5.91 Å². The van der Waals surface area contributed by atoms with Crippen molar-refractivity contribution in [2.45, 2.75) is 31.8 Å². The van der Waals surface area contributed by atoms with E-state index in [1.165, 1.54) is 5.56 Å². The van der Waals surface area contributed by atoms with Gasteiger partial charge in [-0.2, -0.15) is 0 Å². The zero-order valence-corrected chi connectivity index (χ0v) is 10.5. The van der Waals surface area contributed by atoms with Gasteiger partial charge in [-0.15, -0.1) is 0 Å². The van der Waals surface area contributed by atoms with Gasteiger partial charge in [0.15, 0.2) is 0 Å². The molecule has 0 aromatic heterocycles. The van der Waals surface area contributed by atoms with E-state index in [4.69, 9.17) is 10.5 Å². The fraction of sp³-hybridized carbons (Fsp3) is 0.500. The van der Waals surface area contributed by atoms with Crippen molar-refractivity contribution in [3.63, 3.8) is 0 Å². The van der Waals surface area contributed by atoms with Crippen LogP contribution in [0.5, 0.6) is 0 Å². The third-order valence-electron chi connectivity index (χ3n) is 3.16. The van der Waals surface area contributed by atoms with Crippen LogP contribution in [0.1, 0.15) is 24.8 Å². The third-order valence-corrected chi connectivity index (χ3v) is 3.16. The highest BCUT2D eigenvalue weighted by Gasteiger charge is 2.21. The quantitative estimate of drug-likeness (QED) is 0.794. The molecular formula is C14H20N2O2. The minimum Gasteiger partial charge on any atom is -0.399 e. The minimum absolute atomic E-state index is 0.0187. The zero-order chi connectivity index (χ0) is 12.8. The molecule has 1 heterocycles. The van der Waals surface area contributed by atoms with Gasteiger partial charge in [0.05, 0.1) is 0 Å². The summed E-state index contributed by atoms with van der Waals surface area (Å²) in [7, 11) is 0. The Morgan fingerprint density at radius 1 is 1.33 bits per heavy atom. The van der Waals surface area contributed by atoms with Crippen LogP contribution in [0.15, 0.2) is 24.3 Å². The predicted molar refractivity (Wildman–Crippen MR) is 71.2 cm³/mol. The number of benzene rings is 1. The first-order valence-electron chi connectivity index (χ1n) is 6.49. The molecule has 0 spiro atoms. The highest BCUT2D eigenvalue weighted by atomic mass is 16.5. The van der Waals surface area contributed by atoms with Crippen LogP contribution < -0.4 is 11.1 Å². The molecule has 3 N–H and O–H groups in total. The standard InChI is InChI=1S/C14H20N2O2/c15-12-6-4-11(5-7-12)8-9-16-14(17)13-3-1-2-10-18-13/h4-7,13H,1-3,8-10,15H2,(H,16,17). The minimum atomic E-state index is -0.245. The molecule has 18 heavy (non-hydrogen) atoms. The van der Waals surface area contributed by atoms with Gasteiger partial charge in [-0.05, 0) is 43.4 Å². The van der Waals surface area contributed by atoms with Crippen molar-refractivity contribution in [2.24, 2.45) is 0 Å². The van der Waals surface area contributed by atoms with Gasteiger partial charge in [0.25, 0.3) is 0 Å². The first-order valence-corrected chi connectivity index (χ1v) is 6.49. The number of nitrogen functional groups attached to an aromatic ring is 1. The molecule has 0 bridgehead atoms. The monoisotopic (exact) mass is 248 g/mol. The lowest BCUT2D eigenvalue weighted by molar-refractivity contribution is -0.135. The van der Waals surface area contributed by atoms with Crippen LogP contribution in [-0.4, -0.2) is 25.2 Å². The maximum absolute atomic E-state index is 11.8. The lowest BCUT2D eigenvalue weighted by Gasteiger charge is -2.21. The molecule has 1 aliphatic rings. The first kappa shape index (κ1) is 12.9. The van der Waals surface area contributed by atoms with Gasteiger partial charge in [-0.25, -0.2) is 0 Å². The number of anilines is 1. The van der Waals surface area contributed by atoms with Crippen LogP contribution in [-0.2, 0) is 16.0 Å². The van der Waals surface area contributed by atoms with Gasteiger partial charge in [0.1, 0.15) is 6.10 Å². The molecule has 0 saturated carbocycles. The maximum atomic E-state index is 11.8. The molecule has 1 fully saturated rings. The van der Waals surface area contributed by atoms with Gasteiger partial charge in [0, 0.05) is 18.8 Å². The molecule has 0 radical (unpaired) electrons.